The number of nitrogens with zero attached hydrogens (tertiary/aromatic N) is 1. The molecule has 2 aromatic heterocycles. The first-order valence-electron chi connectivity index (χ1n) is 6.78. The Balaban J connectivity index is 2.04. The molecule has 0 aliphatic carbocycles. The zero-order valence-corrected chi connectivity index (χ0v) is 12.8. The van der Waals surface area contributed by atoms with E-state index in [0.29, 0.717) is 26.1 Å². The molecule has 0 bridgehead atoms. The normalized spacial score (nSPS) is 12.3. The predicted molar refractivity (Wildman–Crippen MR) is 81.7 cm³/mol. The molecule has 2 aromatic rings. The highest BCUT2D eigenvalue weighted by Gasteiger charge is 2.22. The minimum absolute atomic E-state index is 0.0862. The Kier molecular flexibility index (Phi) is 5.98. The van der Waals surface area contributed by atoms with Gasteiger partial charge in [-0.3, -0.25) is 4.79 Å². The quantitative estimate of drug-likeness (QED) is 0.812. The number of carbonyl (C=O) groups is 1. The maximum atomic E-state index is 12.5. The van der Waals surface area contributed by atoms with E-state index in [1.165, 1.54) is 0 Å². The SMILES string of the molecule is COCCC(N)C(=O)N(Cc1ccco1)Cc1cccs1. The van der Waals surface area contributed by atoms with Crippen molar-refractivity contribution < 1.29 is 13.9 Å². The van der Waals surface area contributed by atoms with Gasteiger partial charge < -0.3 is 19.8 Å². The minimum Gasteiger partial charge on any atom is -0.467 e. The molecule has 0 saturated heterocycles. The van der Waals surface area contributed by atoms with Gasteiger partial charge >= 0.3 is 0 Å². The lowest BCUT2D eigenvalue weighted by atomic mass is 10.2. The van der Waals surface area contributed by atoms with Gasteiger partial charge in [0, 0.05) is 18.6 Å². The van der Waals surface area contributed by atoms with Crippen LogP contribution in [0.5, 0.6) is 0 Å². The van der Waals surface area contributed by atoms with Gasteiger partial charge in [-0.1, -0.05) is 6.07 Å². The summed E-state index contributed by atoms with van der Waals surface area (Å²) in [7, 11) is 1.60. The Morgan fingerprint density at radius 1 is 1.43 bits per heavy atom. The molecule has 2 N–H and O–H groups in total. The van der Waals surface area contributed by atoms with E-state index >= 15 is 0 Å². The number of methoxy groups -OCH3 is 1. The van der Waals surface area contributed by atoms with E-state index in [1.807, 2.05) is 29.6 Å². The maximum absolute atomic E-state index is 12.5. The topological polar surface area (TPSA) is 68.7 Å². The number of carbonyl (C=O) groups excluding carboxylic acids is 1. The molecule has 1 amide bonds. The maximum Gasteiger partial charge on any atom is 0.240 e. The molecule has 6 heteroatoms. The summed E-state index contributed by atoms with van der Waals surface area (Å²) in [4.78, 5) is 15.4. The van der Waals surface area contributed by atoms with Crippen molar-refractivity contribution in [2.24, 2.45) is 5.73 Å². The summed E-state index contributed by atoms with van der Waals surface area (Å²) in [6.45, 7) is 1.43. The molecule has 0 fully saturated rings. The number of amides is 1. The highest BCUT2D eigenvalue weighted by molar-refractivity contribution is 7.09. The fourth-order valence-electron chi connectivity index (χ4n) is 2.00. The van der Waals surface area contributed by atoms with E-state index in [0.717, 1.165) is 10.6 Å². The third-order valence-electron chi connectivity index (χ3n) is 3.12. The molecule has 5 nitrogen and oxygen atoms in total. The van der Waals surface area contributed by atoms with Gasteiger partial charge in [0.1, 0.15) is 5.76 Å². The largest absolute Gasteiger partial charge is 0.467 e. The monoisotopic (exact) mass is 308 g/mol. The lowest BCUT2D eigenvalue weighted by molar-refractivity contribution is -0.134. The van der Waals surface area contributed by atoms with Crippen molar-refractivity contribution in [2.45, 2.75) is 25.6 Å². The number of hydrogen-bond acceptors (Lipinski definition) is 5. The molecule has 0 aliphatic rings. The van der Waals surface area contributed by atoms with Gasteiger partial charge in [0.15, 0.2) is 0 Å². The summed E-state index contributed by atoms with van der Waals surface area (Å²) in [5.74, 6) is 0.663. The van der Waals surface area contributed by atoms with Gasteiger partial charge in [-0.25, -0.2) is 0 Å². The molecule has 0 aromatic carbocycles. The third-order valence-corrected chi connectivity index (χ3v) is 3.98. The van der Waals surface area contributed by atoms with Crippen molar-refractivity contribution >= 4 is 17.2 Å². The van der Waals surface area contributed by atoms with Gasteiger partial charge in [-0.05, 0) is 30.0 Å². The average Bonchev–Trinajstić information content (AvgIpc) is 3.16. The first-order valence-corrected chi connectivity index (χ1v) is 7.66. The summed E-state index contributed by atoms with van der Waals surface area (Å²) in [6, 6.07) is 7.09. The molecule has 21 heavy (non-hydrogen) atoms. The number of thiophene rings is 1. The Bertz CT molecular complexity index is 489. The van der Waals surface area contributed by atoms with Gasteiger partial charge in [-0.2, -0.15) is 0 Å². The number of rotatable bonds is 8. The van der Waals surface area contributed by atoms with E-state index in [4.69, 9.17) is 14.9 Å². The molecule has 2 heterocycles. The first kappa shape index (κ1) is 15.8. The van der Waals surface area contributed by atoms with Gasteiger partial charge in [0.25, 0.3) is 0 Å². The smallest absolute Gasteiger partial charge is 0.240 e. The molecule has 1 atom stereocenters. The molecule has 0 radical (unpaired) electrons. The van der Waals surface area contributed by atoms with E-state index in [1.54, 1.807) is 29.6 Å². The summed E-state index contributed by atoms with van der Waals surface area (Å²) >= 11 is 1.62. The Morgan fingerprint density at radius 2 is 2.29 bits per heavy atom. The molecule has 1 unspecified atom stereocenters. The van der Waals surface area contributed by atoms with Crippen LogP contribution in [0.25, 0.3) is 0 Å². The Morgan fingerprint density at radius 3 is 2.90 bits per heavy atom. The summed E-state index contributed by atoms with van der Waals surface area (Å²) in [6.07, 6.45) is 2.11. The van der Waals surface area contributed by atoms with Crippen LogP contribution in [-0.4, -0.2) is 30.6 Å². The number of ether oxygens (including phenoxy) is 1. The number of furan rings is 1. The van der Waals surface area contributed by atoms with E-state index in [2.05, 4.69) is 0 Å². The van der Waals surface area contributed by atoms with Crippen LogP contribution in [0.3, 0.4) is 0 Å². The standard InChI is InChI=1S/C15H20N2O3S/c1-19-8-6-14(16)15(18)17(10-12-4-2-7-20-12)11-13-5-3-9-21-13/h2-5,7,9,14H,6,8,10-11,16H2,1H3. The molecule has 0 spiro atoms. The molecule has 0 aliphatic heterocycles. The van der Waals surface area contributed by atoms with Crippen LogP contribution in [0.4, 0.5) is 0 Å². The number of hydrogen-bond donors (Lipinski definition) is 1. The van der Waals surface area contributed by atoms with Gasteiger partial charge in [0.05, 0.1) is 25.4 Å². The second-order valence-electron chi connectivity index (χ2n) is 4.74. The minimum atomic E-state index is -0.556. The predicted octanol–water partition coefficient (Wildman–Crippen LogP) is 2.23. The van der Waals surface area contributed by atoms with Crippen LogP contribution < -0.4 is 5.73 Å². The van der Waals surface area contributed by atoms with Crippen LogP contribution in [0, 0.1) is 0 Å². The second kappa shape index (κ2) is 7.97. The van der Waals surface area contributed by atoms with Crippen molar-refractivity contribution in [2.75, 3.05) is 13.7 Å². The lowest BCUT2D eigenvalue weighted by Gasteiger charge is -2.24. The van der Waals surface area contributed by atoms with Gasteiger partial charge in [0.2, 0.25) is 5.91 Å². The van der Waals surface area contributed by atoms with Crippen LogP contribution in [-0.2, 0) is 22.6 Å². The zero-order chi connectivity index (χ0) is 15.1. The van der Waals surface area contributed by atoms with E-state index < -0.39 is 6.04 Å². The van der Waals surface area contributed by atoms with Crippen LogP contribution in [0.2, 0.25) is 0 Å². The molecular weight excluding hydrogens is 288 g/mol. The average molecular weight is 308 g/mol. The fraction of sp³-hybridized carbons (Fsp3) is 0.400. The second-order valence-corrected chi connectivity index (χ2v) is 5.77. The molecule has 0 saturated carbocycles. The summed E-state index contributed by atoms with van der Waals surface area (Å²) < 4.78 is 10.3. The van der Waals surface area contributed by atoms with Gasteiger partial charge in [-0.15, -0.1) is 11.3 Å². The van der Waals surface area contributed by atoms with Crippen molar-refractivity contribution in [3.05, 3.63) is 46.5 Å². The summed E-state index contributed by atoms with van der Waals surface area (Å²) in [5, 5.41) is 2.00. The van der Waals surface area contributed by atoms with Crippen LogP contribution in [0.15, 0.2) is 40.3 Å². The Labute approximate surface area is 128 Å². The summed E-state index contributed by atoms with van der Waals surface area (Å²) in [5.41, 5.74) is 5.96. The van der Waals surface area contributed by atoms with Crippen molar-refractivity contribution in [3.63, 3.8) is 0 Å². The van der Waals surface area contributed by atoms with Crippen molar-refractivity contribution in [3.8, 4) is 0 Å². The third kappa shape index (κ3) is 4.70. The highest BCUT2D eigenvalue weighted by Crippen LogP contribution is 2.16. The van der Waals surface area contributed by atoms with Crippen LogP contribution in [0.1, 0.15) is 17.1 Å². The highest BCUT2D eigenvalue weighted by atomic mass is 32.1. The van der Waals surface area contributed by atoms with E-state index in [9.17, 15) is 4.79 Å². The Hall–Kier alpha value is -1.63. The fourth-order valence-corrected chi connectivity index (χ4v) is 2.72. The van der Waals surface area contributed by atoms with Crippen LogP contribution >= 0.6 is 11.3 Å². The van der Waals surface area contributed by atoms with Crippen molar-refractivity contribution in [1.82, 2.24) is 4.90 Å². The molecule has 114 valence electrons. The van der Waals surface area contributed by atoms with Crippen molar-refractivity contribution in [1.29, 1.82) is 0 Å². The first-order chi connectivity index (χ1) is 10.2. The zero-order valence-electron chi connectivity index (χ0n) is 12.0. The molecular formula is C15H20N2O3S. The lowest BCUT2D eigenvalue weighted by Crippen LogP contribution is -2.43. The number of nitrogens with two attached hydrogens (primary N) is 1. The van der Waals surface area contributed by atoms with E-state index in [-0.39, 0.29) is 5.91 Å². The molecule has 2 rings (SSSR count).